The summed E-state index contributed by atoms with van der Waals surface area (Å²) >= 11 is 0. The molecule has 1 heterocycles. The second-order valence-corrected chi connectivity index (χ2v) is 5.93. The molecule has 0 spiro atoms. The van der Waals surface area contributed by atoms with Crippen molar-refractivity contribution in [3.8, 4) is 17.0 Å². The molecule has 0 saturated carbocycles. The Morgan fingerprint density at radius 1 is 1.26 bits per heavy atom. The molecule has 102 valence electrons. The lowest BCUT2D eigenvalue weighted by Gasteiger charge is -2.20. The number of ether oxygens (including phenoxy) is 1. The van der Waals surface area contributed by atoms with E-state index in [1.165, 1.54) is 0 Å². The topological polar surface area (TPSA) is 27.1 Å². The summed E-state index contributed by atoms with van der Waals surface area (Å²) < 4.78 is 7.76. The van der Waals surface area contributed by atoms with E-state index in [4.69, 9.17) is 4.74 Å². The lowest BCUT2D eigenvalue weighted by molar-refractivity contribution is 0.340. The first kappa shape index (κ1) is 13.7. The zero-order valence-corrected chi connectivity index (χ0v) is 12.2. The zero-order valence-electron chi connectivity index (χ0n) is 12.2. The molecule has 0 aliphatic carbocycles. The molecule has 1 aromatic heterocycles. The van der Waals surface area contributed by atoms with Gasteiger partial charge in [0.25, 0.3) is 0 Å². The van der Waals surface area contributed by atoms with Crippen molar-refractivity contribution >= 4 is 0 Å². The van der Waals surface area contributed by atoms with Crippen LogP contribution < -0.4 is 4.74 Å². The summed E-state index contributed by atoms with van der Waals surface area (Å²) in [5.74, 6) is 0.906. The Kier molecular flexibility index (Phi) is 3.93. The van der Waals surface area contributed by atoms with Gasteiger partial charge in [-0.1, -0.05) is 32.9 Å². The van der Waals surface area contributed by atoms with Gasteiger partial charge < -0.3 is 9.30 Å². The fourth-order valence-electron chi connectivity index (χ4n) is 2.11. The Morgan fingerprint density at radius 2 is 2.05 bits per heavy atom. The van der Waals surface area contributed by atoms with Gasteiger partial charge in [0.05, 0.1) is 24.8 Å². The van der Waals surface area contributed by atoms with Gasteiger partial charge in [-0.15, -0.1) is 0 Å². The maximum atomic E-state index is 5.56. The lowest BCUT2D eigenvalue weighted by atomic mass is 9.96. The van der Waals surface area contributed by atoms with Gasteiger partial charge in [0.2, 0.25) is 0 Å². The van der Waals surface area contributed by atoms with E-state index >= 15 is 0 Å². The quantitative estimate of drug-likeness (QED) is 0.829. The van der Waals surface area contributed by atoms with Crippen LogP contribution in [0.25, 0.3) is 11.3 Å². The highest BCUT2D eigenvalue weighted by Gasteiger charge is 2.14. The first-order valence-electron chi connectivity index (χ1n) is 6.73. The molecule has 0 fully saturated rings. The van der Waals surface area contributed by atoms with Gasteiger partial charge in [-0.3, -0.25) is 0 Å². The third kappa shape index (κ3) is 3.60. The summed E-state index contributed by atoms with van der Waals surface area (Å²) in [6.07, 6.45) is 3.81. The van der Waals surface area contributed by atoms with Crippen molar-refractivity contribution < 1.29 is 4.74 Å². The SMILES string of the molecule is CCOc1cccc(-c2cncn2CC(C)(C)C)c1. The summed E-state index contributed by atoms with van der Waals surface area (Å²) in [4.78, 5) is 4.28. The molecule has 0 aliphatic rings. The van der Waals surface area contributed by atoms with Gasteiger partial charge in [-0.25, -0.2) is 4.98 Å². The van der Waals surface area contributed by atoms with Crippen LogP contribution in [-0.4, -0.2) is 16.2 Å². The minimum atomic E-state index is 0.229. The fraction of sp³-hybridized carbons (Fsp3) is 0.438. The Balaban J connectivity index is 2.31. The van der Waals surface area contributed by atoms with E-state index < -0.39 is 0 Å². The maximum absolute atomic E-state index is 5.56. The monoisotopic (exact) mass is 258 g/mol. The minimum Gasteiger partial charge on any atom is -0.494 e. The number of hydrogen-bond acceptors (Lipinski definition) is 2. The van der Waals surface area contributed by atoms with Crippen molar-refractivity contribution in [2.75, 3.05) is 6.61 Å². The fourth-order valence-corrected chi connectivity index (χ4v) is 2.11. The molecule has 2 aromatic rings. The summed E-state index contributed by atoms with van der Waals surface area (Å²) in [5, 5.41) is 0. The average Bonchev–Trinajstić information content (AvgIpc) is 2.75. The van der Waals surface area contributed by atoms with E-state index in [2.05, 4.69) is 42.5 Å². The van der Waals surface area contributed by atoms with Crippen molar-refractivity contribution in [2.24, 2.45) is 5.41 Å². The Bertz CT molecular complexity index is 538. The van der Waals surface area contributed by atoms with E-state index in [1.807, 2.05) is 31.6 Å². The van der Waals surface area contributed by atoms with Crippen molar-refractivity contribution in [1.82, 2.24) is 9.55 Å². The molecule has 0 atom stereocenters. The highest BCUT2D eigenvalue weighted by Crippen LogP contribution is 2.26. The smallest absolute Gasteiger partial charge is 0.119 e. The second-order valence-electron chi connectivity index (χ2n) is 5.93. The van der Waals surface area contributed by atoms with E-state index in [9.17, 15) is 0 Å². The zero-order chi connectivity index (χ0) is 13.9. The number of benzene rings is 1. The van der Waals surface area contributed by atoms with Crippen LogP contribution in [0.2, 0.25) is 0 Å². The first-order valence-corrected chi connectivity index (χ1v) is 6.73. The third-order valence-electron chi connectivity index (χ3n) is 2.80. The van der Waals surface area contributed by atoms with Gasteiger partial charge in [-0.05, 0) is 24.5 Å². The summed E-state index contributed by atoms with van der Waals surface area (Å²) in [6.45, 7) is 10.3. The van der Waals surface area contributed by atoms with Gasteiger partial charge in [0, 0.05) is 12.1 Å². The van der Waals surface area contributed by atoms with Crippen molar-refractivity contribution in [1.29, 1.82) is 0 Å². The van der Waals surface area contributed by atoms with Crippen LogP contribution in [0, 0.1) is 5.41 Å². The van der Waals surface area contributed by atoms with E-state index in [-0.39, 0.29) is 5.41 Å². The Labute approximate surface area is 115 Å². The molecule has 3 nitrogen and oxygen atoms in total. The number of imidazole rings is 1. The summed E-state index contributed by atoms with van der Waals surface area (Å²) in [7, 11) is 0. The molecule has 2 rings (SSSR count). The molecule has 0 bridgehead atoms. The van der Waals surface area contributed by atoms with Crippen molar-refractivity contribution in [3.05, 3.63) is 36.8 Å². The van der Waals surface area contributed by atoms with Crippen molar-refractivity contribution in [3.63, 3.8) is 0 Å². The minimum absolute atomic E-state index is 0.229. The van der Waals surface area contributed by atoms with Crippen molar-refractivity contribution in [2.45, 2.75) is 34.2 Å². The van der Waals surface area contributed by atoms with Crippen LogP contribution in [0.15, 0.2) is 36.8 Å². The van der Waals surface area contributed by atoms with Crippen LogP contribution >= 0.6 is 0 Å². The Morgan fingerprint density at radius 3 is 2.74 bits per heavy atom. The van der Waals surface area contributed by atoms with Gasteiger partial charge in [-0.2, -0.15) is 0 Å². The van der Waals surface area contributed by atoms with E-state index in [0.717, 1.165) is 23.6 Å². The molecule has 0 amide bonds. The average molecular weight is 258 g/mol. The van der Waals surface area contributed by atoms with E-state index in [1.54, 1.807) is 0 Å². The largest absolute Gasteiger partial charge is 0.494 e. The highest BCUT2D eigenvalue weighted by atomic mass is 16.5. The van der Waals surface area contributed by atoms with Crippen LogP contribution in [0.1, 0.15) is 27.7 Å². The molecular formula is C16H22N2O. The van der Waals surface area contributed by atoms with Crippen LogP contribution in [-0.2, 0) is 6.54 Å². The van der Waals surface area contributed by atoms with Gasteiger partial charge in [0.15, 0.2) is 0 Å². The molecular weight excluding hydrogens is 236 g/mol. The van der Waals surface area contributed by atoms with E-state index in [0.29, 0.717) is 6.61 Å². The molecule has 0 N–H and O–H groups in total. The summed E-state index contributed by atoms with van der Waals surface area (Å²) in [5.41, 5.74) is 2.51. The van der Waals surface area contributed by atoms with Crippen LogP contribution in [0.5, 0.6) is 5.75 Å². The number of aromatic nitrogens is 2. The van der Waals surface area contributed by atoms with Crippen LogP contribution in [0.3, 0.4) is 0 Å². The Hall–Kier alpha value is -1.77. The molecule has 3 heteroatoms. The maximum Gasteiger partial charge on any atom is 0.119 e. The predicted molar refractivity (Wildman–Crippen MR) is 78.3 cm³/mol. The number of nitrogens with zero attached hydrogens (tertiary/aromatic N) is 2. The molecule has 0 saturated heterocycles. The first-order chi connectivity index (χ1) is 8.99. The summed E-state index contributed by atoms with van der Waals surface area (Å²) in [6, 6.07) is 8.17. The third-order valence-corrected chi connectivity index (χ3v) is 2.80. The number of hydrogen-bond donors (Lipinski definition) is 0. The standard InChI is InChI=1S/C16H22N2O/c1-5-19-14-8-6-7-13(9-14)15-10-17-12-18(15)11-16(2,3)4/h6-10,12H,5,11H2,1-4H3. The lowest BCUT2D eigenvalue weighted by Crippen LogP contribution is -2.15. The molecule has 19 heavy (non-hydrogen) atoms. The van der Waals surface area contributed by atoms with Crippen LogP contribution in [0.4, 0.5) is 0 Å². The number of rotatable bonds is 4. The second kappa shape index (κ2) is 5.47. The normalized spacial score (nSPS) is 11.6. The predicted octanol–water partition coefficient (Wildman–Crippen LogP) is 3.99. The molecule has 1 aromatic carbocycles. The van der Waals surface area contributed by atoms with Gasteiger partial charge in [0.1, 0.15) is 5.75 Å². The molecule has 0 radical (unpaired) electrons. The molecule has 0 aliphatic heterocycles. The molecule has 0 unspecified atom stereocenters. The highest BCUT2D eigenvalue weighted by molar-refractivity contribution is 5.61. The van der Waals surface area contributed by atoms with Gasteiger partial charge >= 0.3 is 0 Å².